The molecule has 0 saturated carbocycles. The number of aliphatic carboxylic acids is 1. The van der Waals surface area contributed by atoms with E-state index in [0.29, 0.717) is 27.9 Å². The fourth-order valence-corrected chi connectivity index (χ4v) is 1.92. The number of nitrogens with zero attached hydrogens (tertiary/aromatic N) is 1. The third kappa shape index (κ3) is 2.24. The second-order valence-electron chi connectivity index (χ2n) is 3.99. The van der Waals surface area contributed by atoms with Crippen LogP contribution in [0.5, 0.6) is 0 Å². The number of oxazole rings is 1. The molecule has 0 aliphatic carbocycles. The Bertz CT molecular complexity index is 592. The summed E-state index contributed by atoms with van der Waals surface area (Å²) < 4.78 is 5.40. The van der Waals surface area contributed by atoms with Crippen LogP contribution in [0.25, 0.3) is 11.3 Å². The molecule has 0 aliphatic heterocycles. The Hall–Kier alpha value is -1.81. The predicted molar refractivity (Wildman–Crippen MR) is 67.7 cm³/mol. The highest BCUT2D eigenvalue weighted by Gasteiger charge is 2.25. The number of carboxylic acids is 1. The van der Waals surface area contributed by atoms with Crippen molar-refractivity contribution in [1.82, 2.24) is 4.98 Å². The lowest BCUT2D eigenvalue weighted by molar-refractivity contribution is -0.138. The third-order valence-electron chi connectivity index (χ3n) is 2.65. The minimum atomic E-state index is -0.959. The van der Waals surface area contributed by atoms with Gasteiger partial charge >= 0.3 is 5.97 Å². The highest BCUT2D eigenvalue weighted by atomic mass is 35.5. The number of aromatic nitrogens is 1. The minimum Gasteiger partial charge on any atom is -0.481 e. The van der Waals surface area contributed by atoms with Gasteiger partial charge in [0.2, 0.25) is 0 Å². The first kappa shape index (κ1) is 12.6. The summed E-state index contributed by atoms with van der Waals surface area (Å²) in [6, 6.07) is 7.15. The second-order valence-corrected chi connectivity index (χ2v) is 4.39. The predicted octanol–water partition coefficient (Wildman–Crippen LogP) is 3.49. The van der Waals surface area contributed by atoms with E-state index in [1.165, 1.54) is 0 Å². The lowest BCUT2D eigenvalue weighted by Crippen LogP contribution is -2.07. The summed E-state index contributed by atoms with van der Waals surface area (Å²) in [7, 11) is 0. The topological polar surface area (TPSA) is 63.3 Å². The zero-order valence-corrected chi connectivity index (χ0v) is 10.7. The van der Waals surface area contributed by atoms with Crippen molar-refractivity contribution >= 4 is 17.6 Å². The van der Waals surface area contributed by atoms with Crippen LogP contribution in [0.3, 0.4) is 0 Å². The number of benzene rings is 1. The zero-order chi connectivity index (χ0) is 13.3. The van der Waals surface area contributed by atoms with Crippen LogP contribution in [-0.2, 0) is 4.79 Å². The number of halogens is 1. The van der Waals surface area contributed by atoms with Gasteiger partial charge in [0.15, 0.2) is 5.89 Å². The molecule has 5 heteroatoms. The molecule has 1 N–H and O–H groups in total. The number of aryl methyl sites for hydroxylation is 1. The molecule has 1 aromatic heterocycles. The van der Waals surface area contributed by atoms with E-state index in [-0.39, 0.29) is 0 Å². The fraction of sp³-hybridized carbons (Fsp3) is 0.231. The van der Waals surface area contributed by atoms with Crippen molar-refractivity contribution in [1.29, 1.82) is 0 Å². The van der Waals surface area contributed by atoms with E-state index in [1.807, 2.05) is 6.07 Å². The van der Waals surface area contributed by atoms with Crippen LogP contribution >= 0.6 is 11.6 Å². The summed E-state index contributed by atoms with van der Waals surface area (Å²) in [6.45, 7) is 3.24. The van der Waals surface area contributed by atoms with Crippen LogP contribution < -0.4 is 0 Å². The molecule has 4 nitrogen and oxygen atoms in total. The number of carboxylic acid groups (broad SMARTS) is 1. The van der Waals surface area contributed by atoms with Gasteiger partial charge < -0.3 is 9.52 Å². The number of hydrogen-bond donors (Lipinski definition) is 1. The van der Waals surface area contributed by atoms with E-state index in [1.54, 1.807) is 32.0 Å². The Morgan fingerprint density at radius 2 is 2.11 bits per heavy atom. The number of carbonyl (C=O) groups is 1. The van der Waals surface area contributed by atoms with Crippen molar-refractivity contribution in [3.63, 3.8) is 0 Å². The lowest BCUT2D eigenvalue weighted by Gasteiger charge is -2.06. The van der Waals surface area contributed by atoms with Gasteiger partial charge in [-0.25, -0.2) is 4.98 Å². The van der Waals surface area contributed by atoms with Crippen molar-refractivity contribution in [3.05, 3.63) is 40.9 Å². The molecular formula is C13H12ClNO3. The van der Waals surface area contributed by atoms with Gasteiger partial charge in [-0.15, -0.1) is 0 Å². The highest BCUT2D eigenvalue weighted by molar-refractivity contribution is 6.33. The molecule has 2 rings (SSSR count). The Labute approximate surface area is 109 Å². The Morgan fingerprint density at radius 3 is 2.72 bits per heavy atom. The molecule has 0 fully saturated rings. The van der Waals surface area contributed by atoms with Crippen molar-refractivity contribution in [2.75, 3.05) is 0 Å². The maximum Gasteiger partial charge on any atom is 0.314 e. The van der Waals surface area contributed by atoms with E-state index in [4.69, 9.17) is 21.1 Å². The Kier molecular flexibility index (Phi) is 3.39. The SMILES string of the molecule is Cc1nc(-c2ccccc2Cl)c(C(C)C(=O)O)o1. The van der Waals surface area contributed by atoms with E-state index in [0.717, 1.165) is 0 Å². The largest absolute Gasteiger partial charge is 0.481 e. The minimum absolute atomic E-state index is 0.327. The Balaban J connectivity index is 2.58. The smallest absolute Gasteiger partial charge is 0.314 e. The van der Waals surface area contributed by atoms with Crippen LogP contribution in [0.4, 0.5) is 0 Å². The van der Waals surface area contributed by atoms with Gasteiger partial charge in [-0.1, -0.05) is 29.8 Å². The summed E-state index contributed by atoms with van der Waals surface area (Å²) in [5, 5.41) is 9.58. The first-order valence-corrected chi connectivity index (χ1v) is 5.83. The summed E-state index contributed by atoms with van der Waals surface area (Å²) >= 11 is 6.10. The molecule has 1 aromatic carbocycles. The standard InChI is InChI=1S/C13H12ClNO3/c1-7(13(16)17)12-11(15-8(2)18-12)9-5-3-4-6-10(9)14/h3-7H,1-2H3,(H,16,17). The van der Waals surface area contributed by atoms with Gasteiger partial charge in [0.25, 0.3) is 0 Å². The van der Waals surface area contributed by atoms with E-state index in [2.05, 4.69) is 4.98 Å². The van der Waals surface area contributed by atoms with Crippen LogP contribution in [0.15, 0.2) is 28.7 Å². The highest BCUT2D eigenvalue weighted by Crippen LogP contribution is 2.33. The van der Waals surface area contributed by atoms with Gasteiger partial charge in [0, 0.05) is 12.5 Å². The van der Waals surface area contributed by atoms with Crippen LogP contribution in [0, 0.1) is 6.92 Å². The molecule has 0 radical (unpaired) electrons. The first-order valence-electron chi connectivity index (χ1n) is 5.45. The molecular weight excluding hydrogens is 254 g/mol. The van der Waals surface area contributed by atoms with Crippen molar-refractivity contribution < 1.29 is 14.3 Å². The molecule has 1 heterocycles. The number of hydrogen-bond acceptors (Lipinski definition) is 3. The Morgan fingerprint density at radius 1 is 1.44 bits per heavy atom. The first-order chi connectivity index (χ1) is 8.50. The summed E-state index contributed by atoms with van der Waals surface area (Å²) in [5.74, 6) is -0.974. The molecule has 0 bridgehead atoms. The molecule has 1 atom stereocenters. The van der Waals surface area contributed by atoms with Gasteiger partial charge in [-0.3, -0.25) is 4.79 Å². The van der Waals surface area contributed by atoms with Crippen LogP contribution in [-0.4, -0.2) is 16.1 Å². The summed E-state index contributed by atoms with van der Waals surface area (Å²) in [4.78, 5) is 15.3. The third-order valence-corrected chi connectivity index (χ3v) is 2.98. The average molecular weight is 266 g/mol. The summed E-state index contributed by atoms with van der Waals surface area (Å²) in [6.07, 6.45) is 0. The van der Waals surface area contributed by atoms with Gasteiger partial charge in [-0.05, 0) is 13.0 Å². The van der Waals surface area contributed by atoms with Gasteiger partial charge in [0.1, 0.15) is 17.4 Å². The average Bonchev–Trinajstić information content (AvgIpc) is 2.70. The lowest BCUT2D eigenvalue weighted by atomic mass is 10.0. The molecule has 0 aliphatic rings. The van der Waals surface area contributed by atoms with Crippen LogP contribution in [0.1, 0.15) is 24.5 Å². The van der Waals surface area contributed by atoms with E-state index in [9.17, 15) is 4.79 Å². The summed E-state index contributed by atoms with van der Waals surface area (Å²) in [5.41, 5.74) is 1.17. The molecule has 0 saturated heterocycles. The maximum absolute atomic E-state index is 11.1. The van der Waals surface area contributed by atoms with Crippen LogP contribution in [0.2, 0.25) is 5.02 Å². The molecule has 0 amide bonds. The zero-order valence-electron chi connectivity index (χ0n) is 9.98. The monoisotopic (exact) mass is 265 g/mol. The van der Waals surface area contributed by atoms with E-state index >= 15 is 0 Å². The normalized spacial score (nSPS) is 12.4. The van der Waals surface area contributed by atoms with Crippen molar-refractivity contribution in [2.45, 2.75) is 19.8 Å². The van der Waals surface area contributed by atoms with Crippen molar-refractivity contribution in [3.8, 4) is 11.3 Å². The molecule has 18 heavy (non-hydrogen) atoms. The molecule has 94 valence electrons. The van der Waals surface area contributed by atoms with Gasteiger partial charge in [0.05, 0.1) is 5.02 Å². The van der Waals surface area contributed by atoms with Crippen molar-refractivity contribution in [2.24, 2.45) is 0 Å². The molecule has 2 aromatic rings. The maximum atomic E-state index is 11.1. The molecule has 0 spiro atoms. The van der Waals surface area contributed by atoms with Gasteiger partial charge in [-0.2, -0.15) is 0 Å². The molecule has 1 unspecified atom stereocenters. The quantitative estimate of drug-likeness (QED) is 0.923. The fourth-order valence-electron chi connectivity index (χ4n) is 1.69. The number of rotatable bonds is 3. The van der Waals surface area contributed by atoms with E-state index < -0.39 is 11.9 Å². The second kappa shape index (κ2) is 4.82.